The Kier molecular flexibility index (Phi) is 10.5. The average Bonchev–Trinajstić information content (AvgIpc) is 3.97. The number of benzene rings is 2. The number of imidazole rings is 2. The van der Waals surface area contributed by atoms with Gasteiger partial charge in [0.15, 0.2) is 5.82 Å². The lowest BCUT2D eigenvalue weighted by Gasteiger charge is -2.26. The molecule has 4 atom stereocenters. The summed E-state index contributed by atoms with van der Waals surface area (Å²) in [5, 5.41) is 0. The summed E-state index contributed by atoms with van der Waals surface area (Å²) in [4.78, 5) is 55.5. The minimum absolute atomic E-state index is 0.0348. The molecular weight excluding hydrogens is 637 g/mol. The maximum absolute atomic E-state index is 13.3. The van der Waals surface area contributed by atoms with Gasteiger partial charge in [-0.25, -0.2) is 19.9 Å². The number of carbonyl (C=O) groups excluding carboxylic acids is 2. The van der Waals surface area contributed by atoms with Crippen LogP contribution in [0.5, 0.6) is 0 Å². The van der Waals surface area contributed by atoms with Gasteiger partial charge in [0, 0.05) is 37.1 Å². The van der Waals surface area contributed by atoms with Crippen LogP contribution < -0.4 is 0 Å². The van der Waals surface area contributed by atoms with Crippen molar-refractivity contribution in [2.45, 2.75) is 51.6 Å². The predicted octanol–water partition coefficient (Wildman–Crippen LogP) is 7.84. The standard InChI is InChI=1S/C41H44N8O2/c1-7-8-13-26(2)27(3)41(51)49-21-12-16-36(49)39-45-25-35(47-39)33-22-42-38(43-23-33)32-19-17-31(18-20-32)34-24-44-37(46-34)29(5)48(6)40(50)28(4)30-14-10-9-11-15-30/h7-11,13-15,17-20,22-25,27-29,36H,1-2,12,16,21H2,3-6H3,(H,44,46)(H,45,47)/b13-8-/t27-,28?,29+,36+/m1/s1. The molecule has 10 nitrogen and oxygen atoms in total. The number of likely N-dealkylation sites (tertiary alicyclic amines) is 1. The lowest BCUT2D eigenvalue weighted by molar-refractivity contribution is -0.135. The maximum atomic E-state index is 13.3. The number of hydrogen-bond donors (Lipinski definition) is 2. The van der Waals surface area contributed by atoms with Crippen LogP contribution in [0.3, 0.4) is 0 Å². The number of allylic oxidation sites excluding steroid dienone is 3. The molecule has 1 fully saturated rings. The van der Waals surface area contributed by atoms with Crippen molar-refractivity contribution in [1.29, 1.82) is 0 Å². The summed E-state index contributed by atoms with van der Waals surface area (Å²) in [7, 11) is 1.82. The van der Waals surface area contributed by atoms with Crippen molar-refractivity contribution < 1.29 is 9.59 Å². The van der Waals surface area contributed by atoms with E-state index in [4.69, 9.17) is 0 Å². The number of hydrogen-bond acceptors (Lipinski definition) is 6. The van der Waals surface area contributed by atoms with E-state index in [0.29, 0.717) is 12.4 Å². The first-order chi connectivity index (χ1) is 24.7. The Labute approximate surface area is 299 Å². The molecule has 2 aromatic carbocycles. The van der Waals surface area contributed by atoms with Gasteiger partial charge in [-0.15, -0.1) is 0 Å². The van der Waals surface area contributed by atoms with Crippen LogP contribution >= 0.6 is 0 Å². The summed E-state index contributed by atoms with van der Waals surface area (Å²) in [6.07, 6.45) is 14.2. The summed E-state index contributed by atoms with van der Waals surface area (Å²) in [6, 6.07) is 17.4. The minimum Gasteiger partial charge on any atom is -0.340 e. The molecule has 1 aliphatic rings. The van der Waals surface area contributed by atoms with Crippen molar-refractivity contribution >= 4 is 11.8 Å². The molecule has 1 saturated heterocycles. The van der Waals surface area contributed by atoms with Gasteiger partial charge in [0.05, 0.1) is 47.7 Å². The van der Waals surface area contributed by atoms with Crippen LogP contribution in [-0.2, 0) is 9.59 Å². The maximum Gasteiger partial charge on any atom is 0.230 e. The van der Waals surface area contributed by atoms with Gasteiger partial charge >= 0.3 is 0 Å². The molecule has 2 N–H and O–H groups in total. The highest BCUT2D eigenvalue weighted by molar-refractivity contribution is 5.83. The molecule has 0 spiro atoms. The molecule has 6 rings (SSSR count). The van der Waals surface area contributed by atoms with Gasteiger partial charge in [0.2, 0.25) is 11.8 Å². The van der Waals surface area contributed by atoms with Crippen molar-refractivity contribution in [2.75, 3.05) is 13.6 Å². The number of H-pyrrole nitrogens is 2. The van der Waals surface area contributed by atoms with Gasteiger partial charge in [-0.3, -0.25) is 9.59 Å². The van der Waals surface area contributed by atoms with Crippen molar-refractivity contribution in [1.82, 2.24) is 39.7 Å². The van der Waals surface area contributed by atoms with Crippen molar-refractivity contribution in [3.8, 4) is 33.9 Å². The fourth-order valence-electron chi connectivity index (χ4n) is 6.39. The molecule has 4 heterocycles. The largest absolute Gasteiger partial charge is 0.340 e. The van der Waals surface area contributed by atoms with E-state index in [1.165, 1.54) is 0 Å². The van der Waals surface area contributed by atoms with Crippen LogP contribution in [-0.4, -0.2) is 65.1 Å². The van der Waals surface area contributed by atoms with Crippen LogP contribution in [0, 0.1) is 5.92 Å². The van der Waals surface area contributed by atoms with Gasteiger partial charge in [-0.1, -0.05) is 86.0 Å². The Hall–Kier alpha value is -5.90. The SMILES string of the molecule is C=C/C=C\C(=C)[C@@H](C)C(=O)N1CCC[C@H]1c1ncc(-c2cnc(-c3ccc(-c4cnc([C@H](C)N(C)C(=O)C(C)c5ccccc5)[nH]4)cc3)nc2)[nH]1. The van der Waals surface area contributed by atoms with Crippen molar-refractivity contribution in [3.05, 3.63) is 134 Å². The van der Waals surface area contributed by atoms with Gasteiger partial charge in [-0.05, 0) is 50.3 Å². The zero-order valence-electron chi connectivity index (χ0n) is 29.6. The lowest BCUT2D eigenvalue weighted by Crippen LogP contribution is -2.35. The number of likely N-dealkylation sites (N-methyl/N-ethyl adjacent to an activating group) is 1. The second kappa shape index (κ2) is 15.3. The zero-order chi connectivity index (χ0) is 36.1. The normalized spacial score (nSPS) is 16.2. The Morgan fingerprint density at radius 3 is 2.25 bits per heavy atom. The third-order valence-corrected chi connectivity index (χ3v) is 9.83. The lowest BCUT2D eigenvalue weighted by atomic mass is 9.99. The summed E-state index contributed by atoms with van der Waals surface area (Å²) in [5.74, 6) is 1.58. The molecule has 10 heteroatoms. The zero-order valence-corrected chi connectivity index (χ0v) is 29.6. The molecule has 0 bridgehead atoms. The highest BCUT2D eigenvalue weighted by Crippen LogP contribution is 2.34. The molecule has 0 aliphatic carbocycles. The quantitative estimate of drug-likeness (QED) is 0.129. The number of aromatic nitrogens is 6. The highest BCUT2D eigenvalue weighted by atomic mass is 16.2. The van der Waals surface area contributed by atoms with Gasteiger partial charge in [0.25, 0.3) is 0 Å². The van der Waals surface area contributed by atoms with E-state index in [-0.39, 0.29) is 35.7 Å². The summed E-state index contributed by atoms with van der Waals surface area (Å²) < 4.78 is 0. The predicted molar refractivity (Wildman–Crippen MR) is 200 cm³/mol. The summed E-state index contributed by atoms with van der Waals surface area (Å²) in [5.41, 5.74) is 6.04. The van der Waals surface area contributed by atoms with E-state index in [1.807, 2.05) is 93.4 Å². The topological polar surface area (TPSA) is 124 Å². The van der Waals surface area contributed by atoms with E-state index in [9.17, 15) is 9.59 Å². The van der Waals surface area contributed by atoms with Crippen LogP contribution in [0.1, 0.15) is 68.8 Å². The molecule has 1 aliphatic heterocycles. The number of nitrogens with zero attached hydrogens (tertiary/aromatic N) is 6. The fourth-order valence-corrected chi connectivity index (χ4v) is 6.39. The molecule has 2 amide bonds. The third-order valence-electron chi connectivity index (χ3n) is 9.83. The summed E-state index contributed by atoms with van der Waals surface area (Å²) >= 11 is 0. The molecule has 0 radical (unpaired) electrons. The number of nitrogens with one attached hydrogen (secondary N) is 2. The van der Waals surface area contributed by atoms with Crippen molar-refractivity contribution in [2.24, 2.45) is 5.92 Å². The second-order valence-corrected chi connectivity index (χ2v) is 13.1. The Bertz CT molecular complexity index is 2030. The molecule has 1 unspecified atom stereocenters. The Morgan fingerprint density at radius 2 is 1.55 bits per heavy atom. The molecule has 51 heavy (non-hydrogen) atoms. The minimum atomic E-state index is -0.328. The average molecular weight is 681 g/mol. The molecule has 0 saturated carbocycles. The number of carbonyl (C=O) groups is 2. The van der Waals surface area contributed by atoms with E-state index >= 15 is 0 Å². The first-order valence-corrected chi connectivity index (χ1v) is 17.3. The molecule has 3 aromatic heterocycles. The Morgan fingerprint density at radius 1 is 0.882 bits per heavy atom. The third kappa shape index (κ3) is 7.50. The van der Waals surface area contributed by atoms with Crippen LogP contribution in [0.4, 0.5) is 0 Å². The van der Waals surface area contributed by atoms with Crippen LogP contribution in [0.15, 0.2) is 116 Å². The molecule has 5 aromatic rings. The number of amides is 2. The van der Waals surface area contributed by atoms with E-state index in [2.05, 4.69) is 43.1 Å². The second-order valence-electron chi connectivity index (χ2n) is 13.1. The Balaban J connectivity index is 1.09. The highest BCUT2D eigenvalue weighted by Gasteiger charge is 2.34. The van der Waals surface area contributed by atoms with E-state index < -0.39 is 0 Å². The fraction of sp³-hybridized carbons (Fsp3) is 0.268. The van der Waals surface area contributed by atoms with Gasteiger partial charge < -0.3 is 19.8 Å². The first-order valence-electron chi connectivity index (χ1n) is 17.3. The number of rotatable bonds is 12. The summed E-state index contributed by atoms with van der Waals surface area (Å²) in [6.45, 7) is 14.2. The smallest absolute Gasteiger partial charge is 0.230 e. The first kappa shape index (κ1) is 34.9. The molecular formula is C41H44N8O2. The monoisotopic (exact) mass is 680 g/mol. The van der Waals surface area contributed by atoms with Gasteiger partial charge in [0.1, 0.15) is 11.6 Å². The molecule has 260 valence electrons. The van der Waals surface area contributed by atoms with Crippen molar-refractivity contribution in [3.63, 3.8) is 0 Å². The van der Waals surface area contributed by atoms with Crippen LogP contribution in [0.25, 0.3) is 33.9 Å². The van der Waals surface area contributed by atoms with E-state index in [1.54, 1.807) is 41.8 Å². The van der Waals surface area contributed by atoms with Gasteiger partial charge in [-0.2, -0.15) is 0 Å². The van der Waals surface area contributed by atoms with Crippen LogP contribution in [0.2, 0.25) is 0 Å². The number of aromatic amines is 2. The van der Waals surface area contributed by atoms with E-state index in [0.717, 1.165) is 63.7 Å².